The lowest BCUT2D eigenvalue weighted by atomic mass is 9.97. The molecule has 0 aliphatic carbocycles. The van der Waals surface area contributed by atoms with Crippen molar-refractivity contribution in [1.82, 2.24) is 4.98 Å². The third-order valence-corrected chi connectivity index (χ3v) is 3.57. The molecule has 2 heterocycles. The molecule has 92 valence electrons. The zero-order chi connectivity index (χ0) is 12.4. The summed E-state index contributed by atoms with van der Waals surface area (Å²) in [6.45, 7) is 1.43. The predicted molar refractivity (Wildman–Crippen MR) is 68.9 cm³/mol. The van der Waals surface area contributed by atoms with E-state index in [1.54, 1.807) is 6.20 Å². The maximum absolute atomic E-state index is 10.8. The number of aromatic nitrogens is 1. The summed E-state index contributed by atoms with van der Waals surface area (Å²) >= 11 is 3.43. The Balaban J connectivity index is 2.08. The number of nitrogens with two attached hydrogens (primary N) is 1. The molecule has 0 spiro atoms. The number of aliphatic carboxylic acids is 1. The first-order valence-electron chi connectivity index (χ1n) is 5.46. The lowest BCUT2D eigenvalue weighted by Gasteiger charge is -2.31. The first kappa shape index (κ1) is 12.2. The Morgan fingerprint density at radius 1 is 1.53 bits per heavy atom. The van der Waals surface area contributed by atoms with Crippen LogP contribution in [0.15, 0.2) is 16.7 Å². The third kappa shape index (κ3) is 2.69. The average Bonchev–Trinajstić information content (AvgIpc) is 2.29. The number of pyridine rings is 1. The molecule has 17 heavy (non-hydrogen) atoms. The third-order valence-electron chi connectivity index (χ3n) is 2.99. The van der Waals surface area contributed by atoms with Gasteiger partial charge in [-0.05, 0) is 34.8 Å². The predicted octanol–water partition coefficient (Wildman–Crippen LogP) is 1.73. The second kappa shape index (κ2) is 4.91. The van der Waals surface area contributed by atoms with Crippen molar-refractivity contribution in [3.05, 3.63) is 16.7 Å². The Hall–Kier alpha value is -1.30. The fourth-order valence-electron chi connectivity index (χ4n) is 2.02. The van der Waals surface area contributed by atoms with Crippen molar-refractivity contribution in [2.75, 3.05) is 23.7 Å². The van der Waals surface area contributed by atoms with E-state index >= 15 is 0 Å². The number of nitrogens with zero attached hydrogens (tertiary/aromatic N) is 2. The van der Waals surface area contributed by atoms with Gasteiger partial charge in [0.05, 0.1) is 22.3 Å². The van der Waals surface area contributed by atoms with Gasteiger partial charge in [-0.15, -0.1) is 0 Å². The molecule has 1 aromatic heterocycles. The summed E-state index contributed by atoms with van der Waals surface area (Å²) in [5, 5.41) is 8.93. The summed E-state index contributed by atoms with van der Waals surface area (Å²) in [7, 11) is 0. The normalized spacial score (nSPS) is 17.1. The van der Waals surface area contributed by atoms with E-state index in [9.17, 15) is 4.79 Å². The second-order valence-corrected chi connectivity index (χ2v) is 5.03. The lowest BCUT2D eigenvalue weighted by molar-refractivity contribution is -0.142. The highest BCUT2D eigenvalue weighted by molar-refractivity contribution is 9.10. The Morgan fingerprint density at radius 3 is 2.71 bits per heavy atom. The molecule has 0 saturated carbocycles. The molecule has 0 unspecified atom stereocenters. The first-order valence-corrected chi connectivity index (χ1v) is 6.26. The van der Waals surface area contributed by atoms with E-state index in [0.29, 0.717) is 31.6 Å². The van der Waals surface area contributed by atoms with Crippen molar-refractivity contribution < 1.29 is 9.90 Å². The van der Waals surface area contributed by atoms with Crippen LogP contribution >= 0.6 is 15.9 Å². The van der Waals surface area contributed by atoms with Gasteiger partial charge in [0.15, 0.2) is 0 Å². The van der Waals surface area contributed by atoms with Crippen LogP contribution in [-0.4, -0.2) is 29.1 Å². The van der Waals surface area contributed by atoms with Crippen LogP contribution in [0.1, 0.15) is 12.8 Å². The average molecular weight is 300 g/mol. The quantitative estimate of drug-likeness (QED) is 0.869. The van der Waals surface area contributed by atoms with Crippen molar-refractivity contribution in [3.63, 3.8) is 0 Å². The minimum absolute atomic E-state index is 0.223. The van der Waals surface area contributed by atoms with Gasteiger partial charge in [0.1, 0.15) is 5.82 Å². The molecule has 0 aromatic carbocycles. The molecule has 1 aliphatic rings. The summed E-state index contributed by atoms with van der Waals surface area (Å²) in [6.07, 6.45) is 2.94. The second-order valence-electron chi connectivity index (χ2n) is 4.17. The number of carboxylic acid groups (broad SMARTS) is 1. The molecule has 1 aromatic rings. The first-order chi connectivity index (χ1) is 8.08. The monoisotopic (exact) mass is 299 g/mol. The van der Waals surface area contributed by atoms with Crippen molar-refractivity contribution in [1.29, 1.82) is 0 Å². The van der Waals surface area contributed by atoms with Gasteiger partial charge in [0, 0.05) is 13.1 Å². The molecule has 5 nitrogen and oxygen atoms in total. The molecular weight excluding hydrogens is 286 g/mol. The molecule has 0 atom stereocenters. The van der Waals surface area contributed by atoms with E-state index in [0.717, 1.165) is 10.3 Å². The van der Waals surface area contributed by atoms with Crippen LogP contribution in [0.2, 0.25) is 0 Å². The number of halogens is 1. The van der Waals surface area contributed by atoms with Crippen molar-refractivity contribution >= 4 is 33.4 Å². The summed E-state index contributed by atoms with van der Waals surface area (Å²) in [4.78, 5) is 17.2. The summed E-state index contributed by atoms with van der Waals surface area (Å²) < 4.78 is 0.853. The highest BCUT2D eigenvalue weighted by atomic mass is 79.9. The van der Waals surface area contributed by atoms with Gasteiger partial charge in [-0.25, -0.2) is 4.98 Å². The fraction of sp³-hybridized carbons (Fsp3) is 0.455. The van der Waals surface area contributed by atoms with Gasteiger partial charge in [0.25, 0.3) is 0 Å². The van der Waals surface area contributed by atoms with Crippen molar-refractivity contribution in [2.45, 2.75) is 12.8 Å². The SMILES string of the molecule is Nc1cnc(N2CCC(C(=O)O)CC2)c(Br)c1. The van der Waals surface area contributed by atoms with E-state index in [2.05, 4.69) is 25.8 Å². The molecule has 1 aliphatic heterocycles. The van der Waals surface area contributed by atoms with Gasteiger partial charge in [-0.2, -0.15) is 0 Å². The number of piperidine rings is 1. The highest BCUT2D eigenvalue weighted by Crippen LogP contribution is 2.29. The zero-order valence-corrected chi connectivity index (χ0v) is 10.9. The molecule has 0 bridgehead atoms. The van der Waals surface area contributed by atoms with Crippen LogP contribution in [0.3, 0.4) is 0 Å². The number of hydrogen-bond acceptors (Lipinski definition) is 4. The largest absolute Gasteiger partial charge is 0.481 e. The van der Waals surface area contributed by atoms with Gasteiger partial charge in [-0.3, -0.25) is 4.79 Å². The summed E-state index contributed by atoms with van der Waals surface area (Å²) in [5.74, 6) is -0.0872. The Kier molecular flexibility index (Phi) is 3.51. The molecule has 2 rings (SSSR count). The zero-order valence-electron chi connectivity index (χ0n) is 9.27. The van der Waals surface area contributed by atoms with E-state index in [1.165, 1.54) is 0 Å². The standard InChI is InChI=1S/C11H14BrN3O2/c12-9-5-8(13)6-14-10(9)15-3-1-7(2-4-15)11(16)17/h5-7H,1-4,13H2,(H,16,17). The van der Waals surface area contributed by atoms with Crippen LogP contribution in [0.25, 0.3) is 0 Å². The molecule has 0 radical (unpaired) electrons. The Labute approximate surface area is 108 Å². The van der Waals surface area contributed by atoms with Gasteiger partial charge < -0.3 is 15.7 Å². The summed E-state index contributed by atoms with van der Waals surface area (Å²) in [6, 6.07) is 1.81. The van der Waals surface area contributed by atoms with E-state index < -0.39 is 5.97 Å². The van der Waals surface area contributed by atoms with Crippen LogP contribution in [0.5, 0.6) is 0 Å². The highest BCUT2D eigenvalue weighted by Gasteiger charge is 2.25. The molecular formula is C11H14BrN3O2. The minimum Gasteiger partial charge on any atom is -0.481 e. The van der Waals surface area contributed by atoms with Crippen LogP contribution < -0.4 is 10.6 Å². The smallest absolute Gasteiger partial charge is 0.306 e. The van der Waals surface area contributed by atoms with Crippen molar-refractivity contribution in [2.24, 2.45) is 5.92 Å². The van der Waals surface area contributed by atoms with Crippen LogP contribution in [-0.2, 0) is 4.79 Å². The summed E-state index contributed by atoms with van der Waals surface area (Å²) in [5.41, 5.74) is 6.24. The maximum atomic E-state index is 10.8. The van der Waals surface area contributed by atoms with E-state index in [4.69, 9.17) is 10.8 Å². The number of nitrogen functional groups attached to an aromatic ring is 1. The number of rotatable bonds is 2. The number of carbonyl (C=O) groups is 1. The molecule has 0 amide bonds. The Bertz CT molecular complexity index is 431. The van der Waals surface area contributed by atoms with Crippen LogP contribution in [0, 0.1) is 5.92 Å². The lowest BCUT2D eigenvalue weighted by Crippen LogP contribution is -2.36. The van der Waals surface area contributed by atoms with Gasteiger partial charge in [0.2, 0.25) is 0 Å². The van der Waals surface area contributed by atoms with Crippen molar-refractivity contribution in [3.8, 4) is 0 Å². The van der Waals surface area contributed by atoms with E-state index in [1.807, 2.05) is 6.07 Å². The van der Waals surface area contributed by atoms with E-state index in [-0.39, 0.29) is 5.92 Å². The minimum atomic E-state index is -0.700. The number of hydrogen-bond donors (Lipinski definition) is 2. The number of carboxylic acids is 1. The Morgan fingerprint density at radius 2 is 2.18 bits per heavy atom. The molecule has 3 N–H and O–H groups in total. The number of anilines is 2. The van der Waals surface area contributed by atoms with Crippen LogP contribution in [0.4, 0.5) is 11.5 Å². The fourth-order valence-corrected chi connectivity index (χ4v) is 2.63. The van der Waals surface area contributed by atoms with Gasteiger partial charge in [-0.1, -0.05) is 0 Å². The maximum Gasteiger partial charge on any atom is 0.306 e. The van der Waals surface area contributed by atoms with Gasteiger partial charge >= 0.3 is 5.97 Å². The molecule has 1 fully saturated rings. The molecule has 1 saturated heterocycles. The molecule has 6 heteroatoms. The topological polar surface area (TPSA) is 79.5 Å².